The quantitative estimate of drug-likeness (QED) is 0.607. The maximum absolute atomic E-state index is 2.33. The molecule has 0 spiro atoms. The number of benzene rings is 1. The summed E-state index contributed by atoms with van der Waals surface area (Å²) < 4.78 is 0. The maximum atomic E-state index is 2.33. The van der Waals surface area contributed by atoms with Gasteiger partial charge in [-0.2, -0.15) is 0 Å². The van der Waals surface area contributed by atoms with Crippen LogP contribution in [0.5, 0.6) is 0 Å². The van der Waals surface area contributed by atoms with Crippen LogP contribution < -0.4 is 0 Å². The monoisotopic (exact) mass is 167 g/mol. The van der Waals surface area contributed by atoms with E-state index in [1.165, 1.54) is 17.1 Å². The molecule has 0 nitrogen and oxygen atoms in total. The highest BCUT2D eigenvalue weighted by molar-refractivity contribution is 7.95. The molecule has 1 aromatic carbocycles. The zero-order valence-electron chi connectivity index (χ0n) is 7.21. The van der Waals surface area contributed by atoms with Crippen LogP contribution in [0, 0.1) is 0 Å². The average Bonchev–Trinajstić information content (AvgIpc) is 2.06. The van der Waals surface area contributed by atoms with Gasteiger partial charge in [-0.3, -0.25) is 0 Å². The van der Waals surface area contributed by atoms with Gasteiger partial charge in [0.2, 0.25) is 0 Å². The zero-order chi connectivity index (χ0) is 8.10. The van der Waals surface area contributed by atoms with Crippen molar-refractivity contribution in [1.82, 2.24) is 0 Å². The molecule has 0 amide bonds. The van der Waals surface area contributed by atoms with Crippen LogP contribution in [0.25, 0.3) is 0 Å². The van der Waals surface area contributed by atoms with Crippen molar-refractivity contribution in [2.75, 3.05) is 12.0 Å². The summed E-state index contributed by atoms with van der Waals surface area (Å²) in [4.78, 5) is 0. The predicted octanol–water partition coefficient (Wildman–Crippen LogP) is 2.45. The highest BCUT2D eigenvalue weighted by atomic mass is 32.2. The van der Waals surface area contributed by atoms with Crippen molar-refractivity contribution >= 4 is 10.9 Å². The molecule has 0 saturated carbocycles. The standard InChI is InChI=1S/C10H15S/c1-3-11(2)9-10-7-5-4-6-8-10/h4-8H,3,9H2,1-2H3/q+1. The molecule has 0 aliphatic carbocycles. The Hall–Kier alpha value is -0.430. The summed E-state index contributed by atoms with van der Waals surface area (Å²) >= 11 is 0. The minimum atomic E-state index is 0.572. The molecule has 0 aliphatic rings. The lowest BCUT2D eigenvalue weighted by atomic mass is 10.2. The summed E-state index contributed by atoms with van der Waals surface area (Å²) in [5, 5.41) is 0. The van der Waals surface area contributed by atoms with E-state index < -0.39 is 0 Å². The third kappa shape index (κ3) is 2.98. The van der Waals surface area contributed by atoms with Crippen LogP contribution in [-0.4, -0.2) is 12.0 Å². The number of hydrogen-bond acceptors (Lipinski definition) is 0. The molecule has 1 rings (SSSR count). The smallest absolute Gasteiger partial charge is 0.0622 e. The molecule has 0 heterocycles. The molecule has 0 bridgehead atoms. The lowest BCUT2D eigenvalue weighted by molar-refractivity contribution is 1.37. The van der Waals surface area contributed by atoms with Gasteiger partial charge in [-0.25, -0.2) is 0 Å². The molecular formula is C10H15S+. The van der Waals surface area contributed by atoms with Crippen LogP contribution >= 0.6 is 0 Å². The Labute approximate surface area is 72.0 Å². The van der Waals surface area contributed by atoms with E-state index in [2.05, 4.69) is 43.5 Å². The SMILES string of the molecule is CC[S+](C)Cc1ccccc1. The molecule has 11 heavy (non-hydrogen) atoms. The lowest BCUT2D eigenvalue weighted by Gasteiger charge is -1.99. The lowest BCUT2D eigenvalue weighted by Crippen LogP contribution is -2.04. The predicted molar refractivity (Wildman–Crippen MR) is 54.0 cm³/mol. The van der Waals surface area contributed by atoms with Crippen LogP contribution in [0.4, 0.5) is 0 Å². The fourth-order valence-corrected chi connectivity index (χ4v) is 1.93. The first-order chi connectivity index (χ1) is 5.33. The third-order valence-corrected chi connectivity index (χ3v) is 3.56. The van der Waals surface area contributed by atoms with Gasteiger partial charge >= 0.3 is 0 Å². The van der Waals surface area contributed by atoms with Crippen molar-refractivity contribution in [3.63, 3.8) is 0 Å². The molecular weight excluding hydrogens is 152 g/mol. The van der Waals surface area contributed by atoms with Crippen molar-refractivity contribution in [2.24, 2.45) is 0 Å². The Balaban J connectivity index is 2.51. The minimum absolute atomic E-state index is 0.572. The summed E-state index contributed by atoms with van der Waals surface area (Å²) in [7, 11) is 0.572. The first-order valence-electron chi connectivity index (χ1n) is 3.96. The zero-order valence-corrected chi connectivity index (χ0v) is 8.03. The molecule has 1 atom stereocenters. The van der Waals surface area contributed by atoms with E-state index in [1.807, 2.05) is 0 Å². The van der Waals surface area contributed by atoms with Crippen LogP contribution in [0.2, 0.25) is 0 Å². The van der Waals surface area contributed by atoms with E-state index in [9.17, 15) is 0 Å². The highest BCUT2D eigenvalue weighted by Gasteiger charge is 2.06. The van der Waals surface area contributed by atoms with E-state index in [0.29, 0.717) is 10.9 Å². The topological polar surface area (TPSA) is 0 Å². The first kappa shape index (κ1) is 8.66. The molecule has 0 aliphatic heterocycles. The van der Waals surface area contributed by atoms with Gasteiger partial charge in [0.15, 0.2) is 0 Å². The van der Waals surface area contributed by atoms with Crippen molar-refractivity contribution in [3.05, 3.63) is 35.9 Å². The van der Waals surface area contributed by atoms with Gasteiger partial charge in [-0.15, -0.1) is 0 Å². The molecule has 0 radical (unpaired) electrons. The van der Waals surface area contributed by atoms with Gasteiger partial charge in [0, 0.05) is 5.56 Å². The Morgan fingerprint density at radius 2 is 1.82 bits per heavy atom. The summed E-state index contributed by atoms with van der Waals surface area (Å²) in [6.45, 7) is 2.26. The summed E-state index contributed by atoms with van der Waals surface area (Å²) in [6, 6.07) is 10.7. The normalized spacial score (nSPS) is 12.9. The van der Waals surface area contributed by atoms with Crippen LogP contribution in [-0.2, 0) is 16.6 Å². The van der Waals surface area contributed by atoms with Crippen molar-refractivity contribution in [3.8, 4) is 0 Å². The van der Waals surface area contributed by atoms with E-state index in [-0.39, 0.29) is 0 Å². The van der Waals surface area contributed by atoms with Crippen LogP contribution in [0.15, 0.2) is 30.3 Å². The molecule has 1 aromatic rings. The maximum Gasteiger partial charge on any atom is 0.132 e. The highest BCUT2D eigenvalue weighted by Crippen LogP contribution is 2.05. The van der Waals surface area contributed by atoms with E-state index in [1.54, 1.807) is 0 Å². The van der Waals surface area contributed by atoms with Crippen molar-refractivity contribution in [2.45, 2.75) is 12.7 Å². The molecule has 60 valence electrons. The molecule has 0 aromatic heterocycles. The molecule has 1 unspecified atom stereocenters. The van der Waals surface area contributed by atoms with Gasteiger partial charge in [0.1, 0.15) is 11.5 Å². The average molecular weight is 167 g/mol. The summed E-state index contributed by atoms with van der Waals surface area (Å²) in [5.74, 6) is 2.55. The van der Waals surface area contributed by atoms with Crippen molar-refractivity contribution < 1.29 is 0 Å². The van der Waals surface area contributed by atoms with Gasteiger partial charge in [0.05, 0.1) is 6.26 Å². The molecule has 0 fully saturated rings. The fraction of sp³-hybridized carbons (Fsp3) is 0.400. The van der Waals surface area contributed by atoms with E-state index in [4.69, 9.17) is 0 Å². The molecule has 0 saturated heterocycles. The second-order valence-corrected chi connectivity index (χ2v) is 5.13. The Kier molecular flexibility index (Phi) is 3.50. The third-order valence-electron chi connectivity index (χ3n) is 1.75. The number of rotatable bonds is 3. The molecule has 1 heteroatoms. The Morgan fingerprint density at radius 3 is 2.36 bits per heavy atom. The summed E-state index contributed by atoms with van der Waals surface area (Å²) in [6.07, 6.45) is 2.33. The second-order valence-electron chi connectivity index (χ2n) is 2.70. The van der Waals surface area contributed by atoms with Crippen molar-refractivity contribution in [1.29, 1.82) is 0 Å². The van der Waals surface area contributed by atoms with E-state index >= 15 is 0 Å². The largest absolute Gasteiger partial charge is 0.132 e. The van der Waals surface area contributed by atoms with E-state index in [0.717, 1.165) is 0 Å². The number of hydrogen-bond donors (Lipinski definition) is 0. The second kappa shape index (κ2) is 4.45. The summed E-state index contributed by atoms with van der Waals surface area (Å²) in [5.41, 5.74) is 1.47. The first-order valence-corrected chi connectivity index (χ1v) is 5.93. The fourth-order valence-electron chi connectivity index (χ4n) is 0.961. The minimum Gasteiger partial charge on any atom is -0.0622 e. The van der Waals surface area contributed by atoms with Gasteiger partial charge < -0.3 is 0 Å². The Morgan fingerprint density at radius 1 is 1.18 bits per heavy atom. The Bertz CT molecular complexity index is 193. The van der Waals surface area contributed by atoms with Crippen LogP contribution in [0.3, 0.4) is 0 Å². The van der Waals surface area contributed by atoms with Gasteiger partial charge in [-0.05, 0) is 17.8 Å². The molecule has 0 N–H and O–H groups in total. The van der Waals surface area contributed by atoms with Crippen LogP contribution in [0.1, 0.15) is 12.5 Å². The van der Waals surface area contributed by atoms with Gasteiger partial charge in [-0.1, -0.05) is 30.3 Å². The van der Waals surface area contributed by atoms with Gasteiger partial charge in [0.25, 0.3) is 0 Å².